The minimum absolute atomic E-state index is 0.215. The number of ether oxygens (including phenoxy) is 1. The third-order valence-electron chi connectivity index (χ3n) is 3.24. The molecule has 3 nitrogen and oxygen atoms in total. The molecule has 0 saturated carbocycles. The fourth-order valence-corrected chi connectivity index (χ4v) is 1.90. The van der Waals surface area contributed by atoms with E-state index in [0.717, 1.165) is 6.42 Å². The van der Waals surface area contributed by atoms with E-state index in [1.165, 1.54) is 62.7 Å². The van der Waals surface area contributed by atoms with E-state index in [1.54, 1.807) is 14.1 Å². The quantitative estimate of drug-likeness (QED) is 0.423. The Hall–Kier alpha value is -1.17. The van der Waals surface area contributed by atoms with Crippen LogP contribution >= 0.6 is 0 Å². The van der Waals surface area contributed by atoms with Crippen LogP contribution in [0.1, 0.15) is 71.1 Å². The number of carbonyl (C=O) groups is 1. The van der Waals surface area contributed by atoms with Crippen molar-refractivity contribution in [2.45, 2.75) is 71.1 Å². The van der Waals surface area contributed by atoms with Gasteiger partial charge in [0.2, 0.25) is 0 Å². The Bertz CT molecular complexity index is 289. The van der Waals surface area contributed by atoms with Crippen LogP contribution < -0.4 is 0 Å². The zero-order chi connectivity index (χ0) is 15.1. The van der Waals surface area contributed by atoms with E-state index >= 15 is 0 Å². The molecule has 1 amide bonds. The molecule has 3 heteroatoms. The van der Waals surface area contributed by atoms with Gasteiger partial charge in [0.25, 0.3) is 0 Å². The van der Waals surface area contributed by atoms with Crippen molar-refractivity contribution in [3.05, 3.63) is 0 Å². The predicted molar refractivity (Wildman–Crippen MR) is 84.3 cm³/mol. The average molecular weight is 281 g/mol. The lowest BCUT2D eigenvalue weighted by Gasteiger charge is -2.03. The van der Waals surface area contributed by atoms with Gasteiger partial charge in [0, 0.05) is 20.0 Å². The lowest BCUT2D eigenvalue weighted by molar-refractivity contribution is -0.122. The van der Waals surface area contributed by atoms with E-state index in [4.69, 9.17) is 4.74 Å². The Morgan fingerprint density at radius 3 is 1.90 bits per heavy atom. The molecule has 0 aliphatic heterocycles. The number of carbonyl (C=O) groups excluding carboxylic acids is 1. The molecule has 0 fully saturated rings. The zero-order valence-electron chi connectivity index (χ0n) is 13.5. The summed E-state index contributed by atoms with van der Waals surface area (Å²) in [5, 5.41) is 0. The molecule has 0 aromatic carbocycles. The topological polar surface area (TPSA) is 29.5 Å². The van der Waals surface area contributed by atoms with Crippen LogP contribution in [0.3, 0.4) is 0 Å². The van der Waals surface area contributed by atoms with Crippen molar-refractivity contribution in [2.24, 2.45) is 0 Å². The highest BCUT2D eigenvalue weighted by Gasteiger charge is 1.96. The first-order valence-electron chi connectivity index (χ1n) is 8.02. The summed E-state index contributed by atoms with van der Waals surface area (Å²) in [5.74, 6) is 2.22. The van der Waals surface area contributed by atoms with Gasteiger partial charge in [-0.15, -0.1) is 0 Å². The highest BCUT2D eigenvalue weighted by Crippen LogP contribution is 2.10. The van der Waals surface area contributed by atoms with E-state index in [0.29, 0.717) is 6.61 Å². The molecule has 0 bridgehead atoms. The van der Waals surface area contributed by atoms with Gasteiger partial charge >= 0.3 is 5.91 Å². The molecule has 0 aromatic rings. The molecular weight excluding hydrogens is 250 g/mol. The van der Waals surface area contributed by atoms with Gasteiger partial charge in [0.15, 0.2) is 0 Å². The zero-order valence-corrected chi connectivity index (χ0v) is 13.5. The summed E-state index contributed by atoms with van der Waals surface area (Å²) in [6.07, 6.45) is 15.5. The van der Waals surface area contributed by atoms with Crippen LogP contribution in [-0.4, -0.2) is 31.5 Å². The van der Waals surface area contributed by atoms with Crippen molar-refractivity contribution < 1.29 is 9.53 Å². The van der Waals surface area contributed by atoms with Gasteiger partial charge < -0.3 is 9.64 Å². The van der Waals surface area contributed by atoms with Gasteiger partial charge in [-0.2, -0.15) is 0 Å². The number of amides is 1. The monoisotopic (exact) mass is 281 g/mol. The van der Waals surface area contributed by atoms with Crippen molar-refractivity contribution in [3.8, 4) is 12.0 Å². The van der Waals surface area contributed by atoms with Crippen molar-refractivity contribution in [3.63, 3.8) is 0 Å². The van der Waals surface area contributed by atoms with Crippen LogP contribution in [0.4, 0.5) is 0 Å². The Balaban J connectivity index is 3.19. The maximum atomic E-state index is 11.1. The number of hydrogen-bond donors (Lipinski definition) is 0. The molecule has 0 aliphatic carbocycles. The molecule has 0 heterocycles. The van der Waals surface area contributed by atoms with Gasteiger partial charge in [-0.05, 0) is 6.42 Å². The Morgan fingerprint density at radius 1 is 0.900 bits per heavy atom. The van der Waals surface area contributed by atoms with Crippen molar-refractivity contribution in [1.29, 1.82) is 0 Å². The van der Waals surface area contributed by atoms with Gasteiger partial charge in [0.05, 0.1) is 0 Å². The van der Waals surface area contributed by atoms with Crippen LogP contribution in [0, 0.1) is 12.0 Å². The van der Waals surface area contributed by atoms with Crippen LogP contribution in [0.2, 0.25) is 0 Å². The maximum Gasteiger partial charge on any atom is 0.301 e. The molecule has 0 radical (unpaired) electrons. The highest BCUT2D eigenvalue weighted by molar-refractivity contribution is 5.92. The smallest absolute Gasteiger partial charge is 0.301 e. The molecule has 0 spiro atoms. The van der Waals surface area contributed by atoms with Gasteiger partial charge in [-0.3, -0.25) is 4.79 Å². The first-order valence-corrected chi connectivity index (χ1v) is 8.02. The van der Waals surface area contributed by atoms with E-state index in [2.05, 4.69) is 19.0 Å². The fraction of sp³-hybridized carbons (Fsp3) is 0.824. The summed E-state index contributed by atoms with van der Waals surface area (Å²) < 4.78 is 5.12. The lowest BCUT2D eigenvalue weighted by Crippen LogP contribution is -2.19. The summed E-state index contributed by atoms with van der Waals surface area (Å²) >= 11 is 0. The minimum atomic E-state index is -0.215. The summed E-state index contributed by atoms with van der Waals surface area (Å²) in [6.45, 7) is 2.88. The predicted octanol–water partition coefficient (Wildman–Crippen LogP) is 3.97. The number of unbranched alkanes of at least 4 members (excludes halogenated alkanes) is 9. The Morgan fingerprint density at radius 2 is 1.40 bits per heavy atom. The summed E-state index contributed by atoms with van der Waals surface area (Å²) in [5.41, 5.74) is 0. The molecular formula is C17H31NO2. The summed E-state index contributed by atoms with van der Waals surface area (Å²) in [7, 11) is 3.36. The Kier molecular flexibility index (Phi) is 13.4. The lowest BCUT2D eigenvalue weighted by atomic mass is 10.1. The van der Waals surface area contributed by atoms with Crippen molar-refractivity contribution in [1.82, 2.24) is 4.90 Å². The molecule has 0 unspecified atom stereocenters. The van der Waals surface area contributed by atoms with E-state index in [9.17, 15) is 4.79 Å². The second-order valence-electron chi connectivity index (χ2n) is 5.46. The fourth-order valence-electron chi connectivity index (χ4n) is 1.90. The second kappa shape index (κ2) is 14.2. The molecule has 20 heavy (non-hydrogen) atoms. The third-order valence-corrected chi connectivity index (χ3v) is 3.24. The largest absolute Gasteiger partial charge is 0.446 e. The van der Waals surface area contributed by atoms with E-state index < -0.39 is 0 Å². The van der Waals surface area contributed by atoms with Gasteiger partial charge in [-0.25, -0.2) is 0 Å². The molecule has 116 valence electrons. The maximum absolute atomic E-state index is 11.1. The molecule has 0 aromatic heterocycles. The molecule has 0 saturated heterocycles. The minimum Gasteiger partial charge on any atom is -0.446 e. The average Bonchev–Trinajstić information content (AvgIpc) is 2.43. The standard InChI is InChI=1S/C17H31NO2/c1-4-5-6-7-8-9-10-11-12-13-15-20-16-14-17(19)18(2)3/h4-13,15H2,1-3H3. The third kappa shape index (κ3) is 13.3. The molecule has 0 N–H and O–H groups in total. The Labute approximate surface area is 125 Å². The highest BCUT2D eigenvalue weighted by atomic mass is 16.5. The van der Waals surface area contributed by atoms with Gasteiger partial charge in [0.1, 0.15) is 12.7 Å². The first-order chi connectivity index (χ1) is 9.68. The second-order valence-corrected chi connectivity index (χ2v) is 5.46. The van der Waals surface area contributed by atoms with E-state index in [1.807, 2.05) is 0 Å². The van der Waals surface area contributed by atoms with Crippen LogP contribution in [0.15, 0.2) is 0 Å². The first kappa shape index (κ1) is 18.8. The molecule has 0 aliphatic rings. The van der Waals surface area contributed by atoms with Crippen LogP contribution in [0.5, 0.6) is 0 Å². The molecule has 0 atom stereocenters. The van der Waals surface area contributed by atoms with Gasteiger partial charge in [-0.1, -0.05) is 64.7 Å². The van der Waals surface area contributed by atoms with Crippen molar-refractivity contribution >= 4 is 5.91 Å². The summed E-state index contributed by atoms with van der Waals surface area (Å²) in [4.78, 5) is 12.6. The van der Waals surface area contributed by atoms with Crippen LogP contribution in [-0.2, 0) is 9.53 Å². The number of nitrogens with zero attached hydrogens (tertiary/aromatic N) is 1. The normalized spacial score (nSPS) is 9.75. The van der Waals surface area contributed by atoms with Crippen molar-refractivity contribution in [2.75, 3.05) is 20.7 Å². The number of rotatable bonds is 11. The number of hydrogen-bond acceptors (Lipinski definition) is 2. The summed E-state index contributed by atoms with van der Waals surface area (Å²) in [6, 6.07) is 0. The SMILES string of the molecule is CCCCCCCCCCCCOC#CC(=O)N(C)C. The molecule has 0 rings (SSSR count). The van der Waals surface area contributed by atoms with E-state index in [-0.39, 0.29) is 5.91 Å². The van der Waals surface area contributed by atoms with Crippen LogP contribution in [0.25, 0.3) is 0 Å².